The molecule has 1 aromatic carbocycles. The number of amides is 2. The van der Waals surface area contributed by atoms with E-state index in [4.69, 9.17) is 9.47 Å². The van der Waals surface area contributed by atoms with Crippen LogP contribution in [0.5, 0.6) is 17.2 Å². The van der Waals surface area contributed by atoms with Crippen molar-refractivity contribution in [2.45, 2.75) is 19.9 Å². The zero-order valence-corrected chi connectivity index (χ0v) is 17.0. The lowest BCUT2D eigenvalue weighted by Gasteiger charge is -2.11. The number of aromatic hydroxyl groups is 1. The van der Waals surface area contributed by atoms with Crippen molar-refractivity contribution in [2.75, 3.05) is 32.6 Å². The molecule has 28 heavy (non-hydrogen) atoms. The van der Waals surface area contributed by atoms with E-state index in [1.165, 1.54) is 26.4 Å². The number of methoxy groups -OCH3 is 2. The van der Waals surface area contributed by atoms with Crippen molar-refractivity contribution in [3.05, 3.63) is 28.8 Å². The molecule has 0 spiro atoms. The molecule has 9 nitrogen and oxygen atoms in total. The van der Waals surface area contributed by atoms with Crippen LogP contribution >= 0.6 is 11.3 Å². The van der Waals surface area contributed by atoms with Crippen molar-refractivity contribution in [3.63, 3.8) is 0 Å². The molecular formula is C18H24N4O5S. The molecule has 0 aliphatic carbocycles. The van der Waals surface area contributed by atoms with Crippen LogP contribution in [0, 0.1) is 0 Å². The molecule has 0 aliphatic heterocycles. The maximum atomic E-state index is 12.4. The number of benzene rings is 1. The molecule has 1 aromatic heterocycles. The summed E-state index contributed by atoms with van der Waals surface area (Å²) in [5, 5.41) is 20.4. The van der Waals surface area contributed by atoms with Gasteiger partial charge in [0.05, 0.1) is 19.8 Å². The van der Waals surface area contributed by atoms with Gasteiger partial charge in [0.1, 0.15) is 11.4 Å². The Kier molecular flexibility index (Phi) is 7.59. The van der Waals surface area contributed by atoms with Crippen LogP contribution in [0.2, 0.25) is 0 Å². The maximum absolute atomic E-state index is 12.4. The van der Waals surface area contributed by atoms with Crippen molar-refractivity contribution in [3.8, 4) is 17.2 Å². The quantitative estimate of drug-likeness (QED) is 0.467. The summed E-state index contributed by atoms with van der Waals surface area (Å²) >= 11 is 1.11. The predicted molar refractivity (Wildman–Crippen MR) is 107 cm³/mol. The highest BCUT2D eigenvalue weighted by Crippen LogP contribution is 2.34. The van der Waals surface area contributed by atoms with E-state index >= 15 is 0 Å². The Balaban J connectivity index is 2.01. The fourth-order valence-electron chi connectivity index (χ4n) is 2.28. The summed E-state index contributed by atoms with van der Waals surface area (Å²) in [4.78, 5) is 28.6. The van der Waals surface area contributed by atoms with E-state index in [1.54, 1.807) is 5.38 Å². The van der Waals surface area contributed by atoms with Gasteiger partial charge in [-0.1, -0.05) is 13.8 Å². The van der Waals surface area contributed by atoms with Crippen molar-refractivity contribution in [2.24, 2.45) is 0 Å². The second kappa shape index (κ2) is 9.90. The van der Waals surface area contributed by atoms with E-state index < -0.39 is 5.91 Å². The Labute approximate surface area is 167 Å². The summed E-state index contributed by atoms with van der Waals surface area (Å²) in [7, 11) is 2.86. The number of thiazole rings is 1. The molecule has 2 amide bonds. The minimum absolute atomic E-state index is 0.00129. The molecule has 0 aliphatic rings. The molecule has 1 heterocycles. The third kappa shape index (κ3) is 5.57. The fourth-order valence-corrected chi connectivity index (χ4v) is 2.96. The number of aromatic nitrogens is 1. The molecule has 2 rings (SSSR count). The van der Waals surface area contributed by atoms with Crippen molar-refractivity contribution in [1.29, 1.82) is 0 Å². The van der Waals surface area contributed by atoms with Crippen molar-refractivity contribution < 1.29 is 24.2 Å². The molecule has 0 fully saturated rings. The van der Waals surface area contributed by atoms with Gasteiger partial charge in [-0.05, 0) is 0 Å². The van der Waals surface area contributed by atoms with Gasteiger partial charge in [0, 0.05) is 36.6 Å². The number of nitrogens with one attached hydrogen (secondary N) is 3. The summed E-state index contributed by atoms with van der Waals surface area (Å²) in [5.41, 5.74) is 0.208. The number of carbonyl (C=O) groups is 2. The van der Waals surface area contributed by atoms with Crippen LogP contribution in [0.1, 0.15) is 34.7 Å². The topological polar surface area (TPSA) is 122 Å². The third-order valence-electron chi connectivity index (χ3n) is 3.67. The SMILES string of the molecule is COc1cc(O)c(C(=O)Nc2nc(C(=O)NCCNC(C)C)cs2)cc1OC. The van der Waals surface area contributed by atoms with Gasteiger partial charge in [-0.15, -0.1) is 11.3 Å². The number of hydrogen-bond donors (Lipinski definition) is 4. The van der Waals surface area contributed by atoms with Crippen LogP contribution in [0.3, 0.4) is 0 Å². The van der Waals surface area contributed by atoms with Gasteiger partial charge >= 0.3 is 0 Å². The van der Waals surface area contributed by atoms with Crippen LogP contribution in [0.4, 0.5) is 5.13 Å². The van der Waals surface area contributed by atoms with Crippen LogP contribution in [-0.4, -0.2) is 55.3 Å². The first-order valence-corrected chi connectivity index (χ1v) is 9.47. The van der Waals surface area contributed by atoms with E-state index in [-0.39, 0.29) is 28.0 Å². The van der Waals surface area contributed by atoms with E-state index in [1.807, 2.05) is 13.8 Å². The summed E-state index contributed by atoms with van der Waals surface area (Å²) in [6, 6.07) is 3.00. The number of rotatable bonds is 9. The van der Waals surface area contributed by atoms with E-state index in [0.29, 0.717) is 30.6 Å². The second-order valence-electron chi connectivity index (χ2n) is 6.08. The lowest BCUT2D eigenvalue weighted by molar-refractivity contribution is 0.0947. The summed E-state index contributed by atoms with van der Waals surface area (Å²) in [5.74, 6) is -0.559. The standard InChI is InChI=1S/C18H24N4O5S/c1-10(2)19-5-6-20-17(25)12-9-28-18(21-12)22-16(24)11-7-14(26-3)15(27-4)8-13(11)23/h7-10,19,23H,5-6H2,1-4H3,(H,20,25)(H,21,22,24). The van der Waals surface area contributed by atoms with Gasteiger partial charge in [-0.25, -0.2) is 4.98 Å². The highest BCUT2D eigenvalue weighted by molar-refractivity contribution is 7.14. The largest absolute Gasteiger partial charge is 0.507 e. The maximum Gasteiger partial charge on any atom is 0.270 e. The monoisotopic (exact) mass is 408 g/mol. The number of phenols is 1. The lowest BCUT2D eigenvalue weighted by Crippen LogP contribution is -2.34. The summed E-state index contributed by atoms with van der Waals surface area (Å²) in [6.07, 6.45) is 0. The molecule has 0 radical (unpaired) electrons. The molecule has 152 valence electrons. The average molecular weight is 408 g/mol. The smallest absolute Gasteiger partial charge is 0.270 e. The second-order valence-corrected chi connectivity index (χ2v) is 6.94. The van der Waals surface area contributed by atoms with E-state index in [0.717, 1.165) is 11.3 Å². The minimum atomic E-state index is -0.583. The molecule has 0 unspecified atom stereocenters. The molecule has 4 N–H and O–H groups in total. The molecule has 0 bridgehead atoms. The first-order chi connectivity index (χ1) is 13.3. The number of ether oxygens (including phenoxy) is 2. The molecule has 0 saturated heterocycles. The minimum Gasteiger partial charge on any atom is -0.507 e. The van der Waals surface area contributed by atoms with Gasteiger partial charge in [-0.3, -0.25) is 14.9 Å². The van der Waals surface area contributed by atoms with Gasteiger partial charge in [-0.2, -0.15) is 0 Å². The van der Waals surface area contributed by atoms with E-state index in [2.05, 4.69) is 20.9 Å². The zero-order valence-electron chi connectivity index (χ0n) is 16.2. The highest BCUT2D eigenvalue weighted by Gasteiger charge is 2.18. The van der Waals surface area contributed by atoms with Gasteiger partial charge in [0.25, 0.3) is 11.8 Å². The molecule has 10 heteroatoms. The van der Waals surface area contributed by atoms with Gasteiger partial charge < -0.3 is 25.2 Å². The first-order valence-electron chi connectivity index (χ1n) is 8.59. The molecule has 0 saturated carbocycles. The first kappa shape index (κ1) is 21.5. The van der Waals surface area contributed by atoms with Crippen LogP contribution in [-0.2, 0) is 0 Å². The summed E-state index contributed by atoms with van der Waals surface area (Å²) in [6.45, 7) is 5.16. The normalized spacial score (nSPS) is 10.6. The highest BCUT2D eigenvalue weighted by atomic mass is 32.1. The van der Waals surface area contributed by atoms with Crippen LogP contribution < -0.4 is 25.4 Å². The number of nitrogens with zero attached hydrogens (tertiary/aromatic N) is 1. The predicted octanol–water partition coefficient (Wildman–Crippen LogP) is 1.85. The number of hydrogen-bond acceptors (Lipinski definition) is 8. The Morgan fingerprint density at radius 1 is 1.14 bits per heavy atom. The third-order valence-corrected chi connectivity index (χ3v) is 4.42. The molecule has 2 aromatic rings. The van der Waals surface area contributed by atoms with E-state index in [9.17, 15) is 14.7 Å². The van der Waals surface area contributed by atoms with Crippen LogP contribution in [0.15, 0.2) is 17.5 Å². The Bertz CT molecular complexity index is 837. The Morgan fingerprint density at radius 2 is 1.82 bits per heavy atom. The van der Waals surface area contributed by atoms with Gasteiger partial charge in [0.15, 0.2) is 16.6 Å². The summed E-state index contributed by atoms with van der Waals surface area (Å²) < 4.78 is 10.2. The van der Waals surface area contributed by atoms with Crippen LogP contribution in [0.25, 0.3) is 0 Å². The fraction of sp³-hybridized carbons (Fsp3) is 0.389. The number of anilines is 1. The molecule has 0 atom stereocenters. The zero-order chi connectivity index (χ0) is 20.7. The van der Waals surface area contributed by atoms with Crippen molar-refractivity contribution >= 4 is 28.3 Å². The van der Waals surface area contributed by atoms with Gasteiger partial charge in [0.2, 0.25) is 0 Å². The molecular weight excluding hydrogens is 384 g/mol. The number of phenolic OH excluding ortho intramolecular Hbond substituents is 1. The lowest BCUT2D eigenvalue weighted by atomic mass is 10.1. The van der Waals surface area contributed by atoms with Crippen molar-refractivity contribution in [1.82, 2.24) is 15.6 Å². The number of carbonyl (C=O) groups excluding carboxylic acids is 2. The Hall–Kier alpha value is -2.85. The average Bonchev–Trinajstić information content (AvgIpc) is 3.13. The Morgan fingerprint density at radius 3 is 2.46 bits per heavy atom.